The highest BCUT2D eigenvalue weighted by Crippen LogP contribution is 2.26. The van der Waals surface area contributed by atoms with Gasteiger partial charge in [-0.05, 0) is 43.5 Å². The van der Waals surface area contributed by atoms with Gasteiger partial charge in [0.25, 0.3) is 5.56 Å². The second-order valence-corrected chi connectivity index (χ2v) is 8.70. The molecule has 3 rings (SSSR count). The van der Waals surface area contributed by atoms with E-state index >= 15 is 0 Å². The van der Waals surface area contributed by atoms with Crippen molar-refractivity contribution in [1.82, 2.24) is 15.2 Å². The van der Waals surface area contributed by atoms with E-state index < -0.39 is 10.8 Å². The standard InChI is InChI=1S/C24H27N5O3S/c1-5-19(22(31)26-17-13-9-10-14(3)15(17)4)33-24-27-23(32)21(28-29-24)16-11-7-8-12-18(16)25-20(30)6-2/h7-13,19H,5-6H2,1-4H3,(H,25,30)(H,26,31)(H,27,29,32). The number of nitrogens with zero attached hydrogens (tertiary/aromatic N) is 2. The van der Waals surface area contributed by atoms with Gasteiger partial charge in [0, 0.05) is 17.7 Å². The van der Waals surface area contributed by atoms with Gasteiger partial charge in [-0.1, -0.05) is 55.9 Å². The van der Waals surface area contributed by atoms with Crippen molar-refractivity contribution in [1.29, 1.82) is 0 Å². The van der Waals surface area contributed by atoms with Crippen molar-refractivity contribution >= 4 is 35.0 Å². The van der Waals surface area contributed by atoms with Gasteiger partial charge in [-0.3, -0.25) is 19.4 Å². The van der Waals surface area contributed by atoms with Gasteiger partial charge in [-0.25, -0.2) is 0 Å². The average molecular weight is 466 g/mol. The minimum Gasteiger partial charge on any atom is -0.325 e. The maximum atomic E-state index is 12.8. The molecule has 0 bridgehead atoms. The fourth-order valence-corrected chi connectivity index (χ4v) is 3.99. The number of carbonyl (C=O) groups is 2. The van der Waals surface area contributed by atoms with Crippen LogP contribution in [0.2, 0.25) is 0 Å². The molecule has 2 aromatic carbocycles. The van der Waals surface area contributed by atoms with E-state index in [-0.39, 0.29) is 22.7 Å². The summed E-state index contributed by atoms with van der Waals surface area (Å²) >= 11 is 1.15. The lowest BCUT2D eigenvalue weighted by atomic mass is 10.1. The normalized spacial score (nSPS) is 11.6. The van der Waals surface area contributed by atoms with Gasteiger partial charge in [0.05, 0.1) is 10.9 Å². The fourth-order valence-electron chi connectivity index (χ4n) is 3.15. The summed E-state index contributed by atoms with van der Waals surface area (Å²) in [5.74, 6) is -0.338. The van der Waals surface area contributed by atoms with Gasteiger partial charge >= 0.3 is 0 Å². The molecule has 2 amide bonds. The number of hydrogen-bond donors (Lipinski definition) is 3. The van der Waals surface area contributed by atoms with Crippen LogP contribution in [0.4, 0.5) is 11.4 Å². The summed E-state index contributed by atoms with van der Waals surface area (Å²) in [6.45, 7) is 7.59. The summed E-state index contributed by atoms with van der Waals surface area (Å²) in [6, 6.07) is 12.7. The van der Waals surface area contributed by atoms with E-state index in [1.54, 1.807) is 31.2 Å². The third kappa shape index (κ3) is 5.87. The van der Waals surface area contributed by atoms with Gasteiger partial charge in [0.15, 0.2) is 10.9 Å². The molecule has 1 atom stereocenters. The van der Waals surface area contributed by atoms with E-state index in [0.717, 1.165) is 28.6 Å². The number of benzene rings is 2. The highest BCUT2D eigenvalue weighted by atomic mass is 32.2. The predicted molar refractivity (Wildman–Crippen MR) is 131 cm³/mol. The Balaban J connectivity index is 1.80. The molecule has 8 nitrogen and oxygen atoms in total. The first-order valence-corrected chi connectivity index (χ1v) is 11.6. The molecule has 9 heteroatoms. The van der Waals surface area contributed by atoms with E-state index in [9.17, 15) is 14.4 Å². The Bertz CT molecular complexity index is 1220. The largest absolute Gasteiger partial charge is 0.325 e. The lowest BCUT2D eigenvalue weighted by molar-refractivity contribution is -0.116. The van der Waals surface area contributed by atoms with Crippen LogP contribution in [0.25, 0.3) is 11.3 Å². The van der Waals surface area contributed by atoms with Crippen molar-refractivity contribution in [2.45, 2.75) is 50.9 Å². The number of anilines is 2. The number of hydrogen-bond acceptors (Lipinski definition) is 6. The first-order chi connectivity index (χ1) is 15.8. The van der Waals surface area contributed by atoms with Crippen LogP contribution < -0.4 is 16.2 Å². The Labute approximate surface area is 196 Å². The predicted octanol–water partition coefficient (Wildman–Crippen LogP) is 4.31. The fraction of sp³-hybridized carbons (Fsp3) is 0.292. The van der Waals surface area contributed by atoms with Crippen LogP contribution in [0.3, 0.4) is 0 Å². The van der Waals surface area contributed by atoms with Crippen LogP contribution in [0.5, 0.6) is 0 Å². The number of aromatic amines is 1. The lowest BCUT2D eigenvalue weighted by Crippen LogP contribution is -2.26. The van der Waals surface area contributed by atoms with Gasteiger partial charge in [-0.15, -0.1) is 10.2 Å². The number of carbonyl (C=O) groups excluding carboxylic acids is 2. The summed E-state index contributed by atoms with van der Waals surface area (Å²) < 4.78 is 0. The number of amides is 2. The lowest BCUT2D eigenvalue weighted by Gasteiger charge is -2.16. The molecule has 1 unspecified atom stereocenters. The molecular weight excluding hydrogens is 438 g/mol. The zero-order valence-electron chi connectivity index (χ0n) is 19.1. The number of aryl methyl sites for hydroxylation is 1. The van der Waals surface area contributed by atoms with Crippen LogP contribution in [0.1, 0.15) is 37.8 Å². The quantitative estimate of drug-likeness (QED) is 0.427. The topological polar surface area (TPSA) is 117 Å². The Morgan fingerprint density at radius 1 is 1.00 bits per heavy atom. The molecule has 0 saturated carbocycles. The highest BCUT2D eigenvalue weighted by molar-refractivity contribution is 8.00. The Morgan fingerprint density at radius 3 is 2.42 bits per heavy atom. The van der Waals surface area contributed by atoms with E-state index in [4.69, 9.17) is 0 Å². The van der Waals surface area contributed by atoms with Gasteiger partial charge in [0.1, 0.15) is 0 Å². The summed E-state index contributed by atoms with van der Waals surface area (Å²) in [5, 5.41) is 13.8. The highest BCUT2D eigenvalue weighted by Gasteiger charge is 2.21. The van der Waals surface area contributed by atoms with Crippen molar-refractivity contribution in [3.05, 3.63) is 63.9 Å². The van der Waals surface area contributed by atoms with Crippen molar-refractivity contribution in [3.8, 4) is 11.3 Å². The first kappa shape index (κ1) is 24.2. The van der Waals surface area contributed by atoms with Crippen molar-refractivity contribution in [2.75, 3.05) is 10.6 Å². The smallest absolute Gasteiger partial charge is 0.278 e. The zero-order chi connectivity index (χ0) is 24.0. The number of para-hydroxylation sites is 1. The maximum Gasteiger partial charge on any atom is 0.278 e. The van der Waals surface area contributed by atoms with E-state index in [0.29, 0.717) is 24.1 Å². The van der Waals surface area contributed by atoms with E-state index in [1.807, 2.05) is 39.0 Å². The number of aromatic nitrogens is 3. The number of rotatable bonds is 8. The van der Waals surface area contributed by atoms with Crippen LogP contribution in [-0.4, -0.2) is 32.2 Å². The summed E-state index contributed by atoms with van der Waals surface area (Å²) in [7, 11) is 0. The Morgan fingerprint density at radius 2 is 1.73 bits per heavy atom. The van der Waals surface area contributed by atoms with Gasteiger partial charge < -0.3 is 10.6 Å². The van der Waals surface area contributed by atoms with Crippen molar-refractivity contribution in [2.24, 2.45) is 0 Å². The minimum atomic E-state index is -0.461. The minimum absolute atomic E-state index is 0.0965. The van der Waals surface area contributed by atoms with Crippen LogP contribution >= 0.6 is 11.8 Å². The number of H-pyrrole nitrogens is 1. The molecule has 0 fully saturated rings. The molecule has 0 aliphatic rings. The van der Waals surface area contributed by atoms with Gasteiger partial charge in [-0.2, -0.15) is 0 Å². The van der Waals surface area contributed by atoms with Crippen molar-refractivity contribution < 1.29 is 9.59 Å². The summed E-state index contributed by atoms with van der Waals surface area (Å²) in [6.07, 6.45) is 0.854. The molecule has 3 aromatic rings. The first-order valence-electron chi connectivity index (χ1n) is 10.7. The average Bonchev–Trinajstić information content (AvgIpc) is 2.81. The molecule has 0 aliphatic carbocycles. The Hall–Kier alpha value is -3.46. The molecule has 3 N–H and O–H groups in total. The van der Waals surface area contributed by atoms with Crippen LogP contribution in [0.15, 0.2) is 52.4 Å². The third-order valence-corrected chi connectivity index (χ3v) is 6.47. The number of nitrogens with one attached hydrogen (secondary N) is 3. The molecule has 1 aromatic heterocycles. The molecule has 0 aliphatic heterocycles. The maximum absolute atomic E-state index is 12.8. The monoisotopic (exact) mass is 465 g/mol. The zero-order valence-corrected chi connectivity index (χ0v) is 19.9. The summed E-state index contributed by atoms with van der Waals surface area (Å²) in [4.78, 5) is 40.2. The molecule has 0 radical (unpaired) electrons. The third-order valence-electron chi connectivity index (χ3n) is 5.23. The van der Waals surface area contributed by atoms with E-state index in [1.165, 1.54) is 0 Å². The van der Waals surface area contributed by atoms with E-state index in [2.05, 4.69) is 25.8 Å². The molecule has 1 heterocycles. The molecular formula is C24H27N5O3S. The summed E-state index contributed by atoms with van der Waals surface area (Å²) in [5.41, 5.74) is 3.48. The second-order valence-electron chi connectivity index (χ2n) is 7.51. The van der Waals surface area contributed by atoms with Crippen LogP contribution in [-0.2, 0) is 9.59 Å². The molecule has 0 spiro atoms. The van der Waals surface area contributed by atoms with Gasteiger partial charge in [0.2, 0.25) is 11.8 Å². The number of thioether (sulfide) groups is 1. The molecule has 0 saturated heterocycles. The van der Waals surface area contributed by atoms with Crippen LogP contribution in [0, 0.1) is 13.8 Å². The molecule has 172 valence electrons. The van der Waals surface area contributed by atoms with Crippen molar-refractivity contribution in [3.63, 3.8) is 0 Å². The Kier molecular flexibility index (Phi) is 8.00. The second kappa shape index (κ2) is 10.9. The molecule has 33 heavy (non-hydrogen) atoms. The SMILES string of the molecule is CCC(=O)Nc1ccccc1-c1nnc(SC(CC)C(=O)Nc2cccc(C)c2C)[nH]c1=O.